The van der Waals surface area contributed by atoms with E-state index in [0.717, 1.165) is 30.1 Å². The maximum atomic E-state index is 12.5. The highest BCUT2D eigenvalue weighted by atomic mass is 35.5. The first-order valence-electron chi connectivity index (χ1n) is 8.39. The van der Waals surface area contributed by atoms with Crippen LogP contribution in [0.1, 0.15) is 0 Å². The van der Waals surface area contributed by atoms with Gasteiger partial charge in [0.15, 0.2) is 14.5 Å². The molecular weight excluding hydrogens is 426 g/mol. The topological polar surface area (TPSA) is 104 Å². The van der Waals surface area contributed by atoms with Gasteiger partial charge in [-0.2, -0.15) is 0 Å². The molecule has 0 saturated carbocycles. The molecule has 2 heterocycles. The summed E-state index contributed by atoms with van der Waals surface area (Å²) in [6.45, 7) is 3.06. The van der Waals surface area contributed by atoms with Gasteiger partial charge >= 0.3 is 6.03 Å². The second-order valence-electron chi connectivity index (χ2n) is 5.92. The highest BCUT2D eigenvalue weighted by Gasteiger charge is 2.25. The molecule has 2 N–H and O–H groups in total. The van der Waals surface area contributed by atoms with Crippen LogP contribution >= 0.6 is 22.9 Å². The number of thiazole rings is 1. The van der Waals surface area contributed by atoms with Crippen LogP contribution in [0.5, 0.6) is 0 Å². The van der Waals surface area contributed by atoms with Crippen molar-refractivity contribution in [3.8, 4) is 0 Å². The van der Waals surface area contributed by atoms with Gasteiger partial charge < -0.3 is 15.0 Å². The number of rotatable bonds is 5. The Morgan fingerprint density at radius 2 is 1.93 bits per heavy atom. The molecule has 152 valence electrons. The Hall–Kier alpha value is -1.92. The van der Waals surface area contributed by atoms with E-state index in [0.29, 0.717) is 18.9 Å². The van der Waals surface area contributed by atoms with E-state index < -0.39 is 16.1 Å². The zero-order valence-corrected chi connectivity index (χ0v) is 17.7. The molecule has 0 radical (unpaired) electrons. The van der Waals surface area contributed by atoms with E-state index in [1.165, 1.54) is 19.0 Å². The van der Waals surface area contributed by atoms with E-state index in [4.69, 9.17) is 16.3 Å². The maximum Gasteiger partial charge on any atom is 0.327 e. The van der Waals surface area contributed by atoms with E-state index in [1.54, 1.807) is 0 Å². The predicted octanol–water partition coefficient (Wildman–Crippen LogP) is 2.21. The lowest BCUT2D eigenvalue weighted by molar-refractivity contribution is 0.122. The fraction of sp³-hybridized carbons (Fsp3) is 0.375. The van der Waals surface area contributed by atoms with E-state index in [-0.39, 0.29) is 14.5 Å². The first kappa shape index (κ1) is 20.8. The highest BCUT2D eigenvalue weighted by molar-refractivity contribution is 7.91. The van der Waals surface area contributed by atoms with Gasteiger partial charge in [0.05, 0.1) is 13.2 Å². The summed E-state index contributed by atoms with van der Waals surface area (Å²) in [6.07, 6.45) is 0. The number of sulfonamides is 1. The summed E-state index contributed by atoms with van der Waals surface area (Å²) in [5, 5.41) is 2.74. The standard InChI is InChI=1S/C16H20ClN5O4S2/c1-18-28(24,25)14-13(17)20-16(27-14)21(2)15(23)19-11-3-5-12(6-4-11)22-7-9-26-10-8-22/h3-6,18H,7-10H2,1-2H3,(H,19,23). The molecule has 1 aromatic carbocycles. The average Bonchev–Trinajstić information content (AvgIpc) is 3.11. The number of aromatic nitrogens is 1. The Kier molecular flexibility index (Phi) is 6.40. The van der Waals surface area contributed by atoms with Crippen LogP contribution in [0.4, 0.5) is 21.3 Å². The number of carbonyl (C=O) groups is 1. The van der Waals surface area contributed by atoms with E-state index in [9.17, 15) is 13.2 Å². The number of hydrogen-bond donors (Lipinski definition) is 2. The summed E-state index contributed by atoms with van der Waals surface area (Å²) in [5.41, 5.74) is 1.67. The molecule has 0 spiro atoms. The van der Waals surface area contributed by atoms with Crippen molar-refractivity contribution in [2.45, 2.75) is 4.21 Å². The number of urea groups is 1. The molecule has 0 bridgehead atoms. The van der Waals surface area contributed by atoms with Crippen LogP contribution in [-0.2, 0) is 14.8 Å². The normalized spacial score (nSPS) is 14.8. The lowest BCUT2D eigenvalue weighted by Crippen LogP contribution is -2.36. The summed E-state index contributed by atoms with van der Waals surface area (Å²) in [4.78, 5) is 19.9. The first-order chi connectivity index (χ1) is 13.3. The molecule has 1 aliphatic heterocycles. The number of carbonyl (C=O) groups excluding carboxylic acids is 1. The van der Waals surface area contributed by atoms with Crippen molar-refractivity contribution in [3.63, 3.8) is 0 Å². The second-order valence-corrected chi connectivity index (χ2v) is 9.34. The van der Waals surface area contributed by atoms with Crippen molar-refractivity contribution in [2.24, 2.45) is 0 Å². The first-order valence-corrected chi connectivity index (χ1v) is 11.1. The third-order valence-electron chi connectivity index (χ3n) is 4.15. The largest absolute Gasteiger partial charge is 0.378 e. The number of hydrogen-bond acceptors (Lipinski definition) is 7. The fourth-order valence-corrected chi connectivity index (χ4v) is 5.12. The van der Waals surface area contributed by atoms with Gasteiger partial charge in [-0.05, 0) is 31.3 Å². The van der Waals surface area contributed by atoms with Crippen LogP contribution in [-0.4, -0.2) is 59.8 Å². The minimum Gasteiger partial charge on any atom is -0.378 e. The summed E-state index contributed by atoms with van der Waals surface area (Å²) < 4.78 is 31.2. The zero-order valence-electron chi connectivity index (χ0n) is 15.3. The van der Waals surface area contributed by atoms with Crippen LogP contribution in [0.25, 0.3) is 0 Å². The zero-order chi connectivity index (χ0) is 20.3. The number of nitrogens with one attached hydrogen (secondary N) is 2. The summed E-state index contributed by atoms with van der Waals surface area (Å²) in [5.74, 6) is 0. The van der Waals surface area contributed by atoms with E-state index >= 15 is 0 Å². The minimum atomic E-state index is -3.74. The van der Waals surface area contributed by atoms with Gasteiger partial charge in [-0.15, -0.1) is 0 Å². The molecule has 0 aliphatic carbocycles. The lowest BCUT2D eigenvalue weighted by atomic mass is 10.2. The summed E-state index contributed by atoms with van der Waals surface area (Å²) in [6, 6.07) is 7.01. The second kappa shape index (κ2) is 8.62. The molecule has 0 atom stereocenters. The molecule has 3 rings (SSSR count). The molecule has 12 heteroatoms. The Bertz CT molecular complexity index is 942. The average molecular weight is 446 g/mol. The molecule has 2 aromatic rings. The molecule has 1 fully saturated rings. The Balaban J connectivity index is 1.68. The number of nitrogens with zero attached hydrogens (tertiary/aromatic N) is 3. The number of halogens is 1. The Labute approximate surface area is 172 Å². The summed E-state index contributed by atoms with van der Waals surface area (Å²) in [7, 11) is -0.971. The summed E-state index contributed by atoms with van der Waals surface area (Å²) >= 11 is 6.73. The molecule has 28 heavy (non-hydrogen) atoms. The van der Waals surface area contributed by atoms with Crippen molar-refractivity contribution in [2.75, 3.05) is 55.5 Å². The van der Waals surface area contributed by atoms with Gasteiger partial charge in [-0.3, -0.25) is 4.90 Å². The highest BCUT2D eigenvalue weighted by Crippen LogP contribution is 2.33. The SMILES string of the molecule is CNS(=O)(=O)c1sc(N(C)C(=O)Nc2ccc(N3CCOCC3)cc2)nc1Cl. The number of anilines is 3. The van der Waals surface area contributed by atoms with Crippen molar-refractivity contribution < 1.29 is 17.9 Å². The van der Waals surface area contributed by atoms with Crippen LogP contribution < -0.4 is 19.8 Å². The number of ether oxygens (including phenoxy) is 1. The van der Waals surface area contributed by atoms with Crippen molar-refractivity contribution in [1.29, 1.82) is 0 Å². The van der Waals surface area contributed by atoms with Crippen LogP contribution in [0.3, 0.4) is 0 Å². The fourth-order valence-electron chi connectivity index (χ4n) is 2.55. The molecular formula is C16H20ClN5O4S2. The van der Waals surface area contributed by atoms with Gasteiger partial charge in [0, 0.05) is 31.5 Å². The smallest absolute Gasteiger partial charge is 0.327 e. The van der Waals surface area contributed by atoms with Crippen LogP contribution in [0, 0.1) is 0 Å². The monoisotopic (exact) mass is 445 g/mol. The van der Waals surface area contributed by atoms with Gasteiger partial charge in [-0.25, -0.2) is 22.9 Å². The lowest BCUT2D eigenvalue weighted by Gasteiger charge is -2.29. The Morgan fingerprint density at radius 3 is 2.54 bits per heavy atom. The number of benzene rings is 1. The molecule has 1 saturated heterocycles. The predicted molar refractivity (Wildman–Crippen MR) is 110 cm³/mol. The van der Waals surface area contributed by atoms with Gasteiger partial charge in [0.1, 0.15) is 0 Å². The third kappa shape index (κ3) is 4.55. The molecule has 1 aliphatic rings. The minimum absolute atomic E-state index is 0.138. The number of amides is 2. The van der Waals surface area contributed by atoms with Crippen molar-refractivity contribution in [1.82, 2.24) is 9.71 Å². The third-order valence-corrected chi connectivity index (χ3v) is 7.70. The van der Waals surface area contributed by atoms with Gasteiger partial charge in [0.25, 0.3) is 10.0 Å². The molecule has 9 nitrogen and oxygen atoms in total. The van der Waals surface area contributed by atoms with E-state index in [1.807, 2.05) is 24.3 Å². The van der Waals surface area contributed by atoms with Crippen molar-refractivity contribution >= 4 is 55.5 Å². The molecule has 0 unspecified atom stereocenters. The molecule has 1 aromatic heterocycles. The number of morpholine rings is 1. The maximum absolute atomic E-state index is 12.5. The quantitative estimate of drug-likeness (QED) is 0.731. The van der Waals surface area contributed by atoms with Crippen LogP contribution in [0.15, 0.2) is 28.5 Å². The van der Waals surface area contributed by atoms with Gasteiger partial charge in [-0.1, -0.05) is 22.9 Å². The Morgan fingerprint density at radius 1 is 1.29 bits per heavy atom. The van der Waals surface area contributed by atoms with Gasteiger partial charge in [0.2, 0.25) is 0 Å². The van der Waals surface area contributed by atoms with E-state index in [2.05, 4.69) is 19.9 Å². The molecule has 2 amide bonds. The van der Waals surface area contributed by atoms with Crippen molar-refractivity contribution in [3.05, 3.63) is 29.4 Å². The van der Waals surface area contributed by atoms with Crippen LogP contribution in [0.2, 0.25) is 5.15 Å².